The summed E-state index contributed by atoms with van der Waals surface area (Å²) in [7, 11) is 0. The highest BCUT2D eigenvalue weighted by atomic mass is 35.5. The van der Waals surface area contributed by atoms with Gasteiger partial charge < -0.3 is 15.4 Å². The van der Waals surface area contributed by atoms with E-state index in [-0.39, 0.29) is 5.02 Å². The molecular formula is C20H17ClFN3O2. The molecule has 0 aliphatic rings. The minimum absolute atomic E-state index is 0.134. The number of pyridine rings is 1. The number of nitrogens with zero attached hydrogens (tertiary/aromatic N) is 1. The molecule has 0 fully saturated rings. The number of urea groups is 1. The van der Waals surface area contributed by atoms with Crippen LogP contribution in [0.2, 0.25) is 5.02 Å². The van der Waals surface area contributed by atoms with E-state index in [1.807, 2.05) is 42.5 Å². The fourth-order valence-electron chi connectivity index (χ4n) is 2.33. The highest BCUT2D eigenvalue weighted by Gasteiger charge is 2.07. The van der Waals surface area contributed by atoms with Crippen LogP contribution in [0.3, 0.4) is 0 Å². The molecule has 1 heterocycles. The Kier molecular flexibility index (Phi) is 6.22. The summed E-state index contributed by atoms with van der Waals surface area (Å²) >= 11 is 5.89. The van der Waals surface area contributed by atoms with E-state index in [2.05, 4.69) is 15.6 Å². The molecular weight excluding hydrogens is 369 g/mol. The lowest BCUT2D eigenvalue weighted by Gasteiger charge is -2.10. The van der Waals surface area contributed by atoms with Gasteiger partial charge in [0.15, 0.2) is 0 Å². The molecule has 0 bridgehead atoms. The second kappa shape index (κ2) is 9.00. The van der Waals surface area contributed by atoms with Crippen LogP contribution in [0.1, 0.15) is 11.3 Å². The molecule has 5 nitrogen and oxygen atoms in total. The number of amides is 2. The van der Waals surface area contributed by atoms with Crippen molar-refractivity contribution in [2.45, 2.75) is 13.2 Å². The summed E-state index contributed by atoms with van der Waals surface area (Å²) < 4.78 is 18.8. The van der Waals surface area contributed by atoms with Crippen LogP contribution < -0.4 is 15.4 Å². The molecule has 0 saturated carbocycles. The zero-order valence-electron chi connectivity index (χ0n) is 14.3. The Morgan fingerprint density at radius 1 is 1.11 bits per heavy atom. The van der Waals surface area contributed by atoms with E-state index < -0.39 is 11.8 Å². The number of rotatable bonds is 6. The van der Waals surface area contributed by atoms with Crippen LogP contribution in [-0.2, 0) is 13.2 Å². The van der Waals surface area contributed by atoms with Gasteiger partial charge in [0, 0.05) is 12.7 Å². The maximum atomic E-state index is 13.0. The van der Waals surface area contributed by atoms with E-state index in [4.69, 9.17) is 16.3 Å². The smallest absolute Gasteiger partial charge is 0.319 e. The van der Waals surface area contributed by atoms with E-state index in [0.29, 0.717) is 24.6 Å². The molecule has 0 saturated heterocycles. The second-order valence-corrected chi connectivity index (χ2v) is 6.10. The molecule has 138 valence electrons. The zero-order valence-corrected chi connectivity index (χ0v) is 15.0. The summed E-state index contributed by atoms with van der Waals surface area (Å²) in [5.74, 6) is 0.218. The van der Waals surface area contributed by atoms with Gasteiger partial charge in [0.05, 0.1) is 16.4 Å². The molecule has 0 spiro atoms. The molecule has 0 aliphatic carbocycles. The van der Waals surface area contributed by atoms with Crippen LogP contribution in [0.5, 0.6) is 5.75 Å². The van der Waals surface area contributed by atoms with Gasteiger partial charge in [0.2, 0.25) is 0 Å². The van der Waals surface area contributed by atoms with Gasteiger partial charge in [-0.2, -0.15) is 0 Å². The SMILES string of the molecule is O=C(NCc1cccc(OCc2ccccn2)c1)Nc1ccc(F)cc1Cl. The molecule has 0 atom stereocenters. The van der Waals surface area contributed by atoms with Gasteiger partial charge in [-0.05, 0) is 48.0 Å². The van der Waals surface area contributed by atoms with Gasteiger partial charge in [-0.3, -0.25) is 4.98 Å². The third-order valence-electron chi connectivity index (χ3n) is 3.64. The Balaban J connectivity index is 1.52. The van der Waals surface area contributed by atoms with E-state index in [1.54, 1.807) is 6.20 Å². The summed E-state index contributed by atoms with van der Waals surface area (Å²) in [4.78, 5) is 16.2. The summed E-state index contributed by atoms with van der Waals surface area (Å²) in [6, 6.07) is 16.4. The minimum Gasteiger partial charge on any atom is -0.487 e. The van der Waals surface area contributed by atoms with E-state index >= 15 is 0 Å². The van der Waals surface area contributed by atoms with Crippen molar-refractivity contribution in [1.82, 2.24) is 10.3 Å². The highest BCUT2D eigenvalue weighted by molar-refractivity contribution is 6.33. The lowest BCUT2D eigenvalue weighted by atomic mass is 10.2. The highest BCUT2D eigenvalue weighted by Crippen LogP contribution is 2.22. The molecule has 1 aromatic heterocycles. The number of benzene rings is 2. The fourth-order valence-corrected chi connectivity index (χ4v) is 2.54. The molecule has 0 unspecified atom stereocenters. The number of hydrogen-bond acceptors (Lipinski definition) is 3. The molecule has 0 aliphatic heterocycles. The van der Waals surface area contributed by atoms with E-state index in [0.717, 1.165) is 17.3 Å². The number of hydrogen-bond donors (Lipinski definition) is 2. The van der Waals surface area contributed by atoms with Crippen LogP contribution in [0, 0.1) is 5.82 Å². The summed E-state index contributed by atoms with van der Waals surface area (Å²) in [5.41, 5.74) is 2.04. The van der Waals surface area contributed by atoms with Crippen LogP contribution in [0.25, 0.3) is 0 Å². The molecule has 7 heteroatoms. The van der Waals surface area contributed by atoms with Crippen LogP contribution in [0.4, 0.5) is 14.9 Å². The number of carbonyl (C=O) groups excluding carboxylic acids is 1. The topological polar surface area (TPSA) is 63.2 Å². The van der Waals surface area contributed by atoms with Gasteiger partial charge in [-0.1, -0.05) is 29.8 Å². The lowest BCUT2D eigenvalue weighted by Crippen LogP contribution is -2.28. The summed E-state index contributed by atoms with van der Waals surface area (Å²) in [6.07, 6.45) is 1.71. The third kappa shape index (κ3) is 5.69. The molecule has 2 aromatic carbocycles. The molecule has 2 N–H and O–H groups in total. The zero-order chi connectivity index (χ0) is 19.1. The maximum absolute atomic E-state index is 13.0. The number of carbonyl (C=O) groups is 1. The first-order valence-electron chi connectivity index (χ1n) is 8.22. The monoisotopic (exact) mass is 385 g/mol. The Bertz CT molecular complexity index is 922. The molecule has 3 aromatic rings. The van der Waals surface area contributed by atoms with E-state index in [9.17, 15) is 9.18 Å². The molecule has 27 heavy (non-hydrogen) atoms. The van der Waals surface area contributed by atoms with Crippen molar-refractivity contribution in [2.75, 3.05) is 5.32 Å². The van der Waals surface area contributed by atoms with Crippen molar-refractivity contribution in [2.24, 2.45) is 0 Å². The van der Waals surface area contributed by atoms with Crippen molar-refractivity contribution in [3.05, 3.63) is 89.0 Å². The fraction of sp³-hybridized carbons (Fsp3) is 0.100. The summed E-state index contributed by atoms with van der Waals surface area (Å²) in [5, 5.41) is 5.44. The standard InChI is InChI=1S/C20H17ClFN3O2/c21-18-11-15(22)7-8-19(18)25-20(26)24-12-14-4-3-6-17(10-14)27-13-16-5-1-2-9-23-16/h1-11H,12-13H2,(H2,24,25,26). The maximum Gasteiger partial charge on any atom is 0.319 e. The molecule has 2 amide bonds. The average molecular weight is 386 g/mol. The van der Waals surface area contributed by atoms with Gasteiger partial charge >= 0.3 is 6.03 Å². The van der Waals surface area contributed by atoms with Gasteiger partial charge in [0.25, 0.3) is 0 Å². The van der Waals surface area contributed by atoms with Crippen LogP contribution in [-0.4, -0.2) is 11.0 Å². The quantitative estimate of drug-likeness (QED) is 0.642. The van der Waals surface area contributed by atoms with Crippen LogP contribution >= 0.6 is 11.6 Å². The minimum atomic E-state index is -0.464. The molecule has 0 radical (unpaired) electrons. The number of halogens is 2. The number of ether oxygens (including phenoxy) is 1. The van der Waals surface area contributed by atoms with Crippen molar-refractivity contribution < 1.29 is 13.9 Å². The Hall–Kier alpha value is -3.12. The first-order chi connectivity index (χ1) is 13.1. The first-order valence-corrected chi connectivity index (χ1v) is 8.59. The van der Waals surface area contributed by atoms with E-state index in [1.165, 1.54) is 12.1 Å². The van der Waals surface area contributed by atoms with Gasteiger partial charge in [-0.15, -0.1) is 0 Å². The van der Waals surface area contributed by atoms with Crippen LogP contribution in [0.15, 0.2) is 66.9 Å². The van der Waals surface area contributed by atoms with Crippen molar-refractivity contribution >= 4 is 23.3 Å². The number of anilines is 1. The van der Waals surface area contributed by atoms with Crippen molar-refractivity contribution in [3.8, 4) is 5.75 Å². The van der Waals surface area contributed by atoms with Gasteiger partial charge in [-0.25, -0.2) is 9.18 Å². The Morgan fingerprint density at radius 2 is 2.00 bits per heavy atom. The van der Waals surface area contributed by atoms with Gasteiger partial charge in [0.1, 0.15) is 18.2 Å². The largest absolute Gasteiger partial charge is 0.487 e. The number of aromatic nitrogens is 1. The normalized spacial score (nSPS) is 10.3. The van der Waals surface area contributed by atoms with Crippen molar-refractivity contribution in [3.63, 3.8) is 0 Å². The average Bonchev–Trinajstić information content (AvgIpc) is 2.68. The molecule has 3 rings (SSSR count). The first kappa shape index (κ1) is 18.7. The predicted molar refractivity (Wildman–Crippen MR) is 102 cm³/mol. The Labute approximate surface area is 161 Å². The predicted octanol–water partition coefficient (Wildman–Crippen LogP) is 4.77. The van der Waals surface area contributed by atoms with Crippen molar-refractivity contribution in [1.29, 1.82) is 0 Å². The lowest BCUT2D eigenvalue weighted by molar-refractivity contribution is 0.251. The Morgan fingerprint density at radius 3 is 2.78 bits per heavy atom. The number of nitrogens with one attached hydrogen (secondary N) is 2. The summed E-state index contributed by atoms with van der Waals surface area (Å²) in [6.45, 7) is 0.659. The third-order valence-corrected chi connectivity index (χ3v) is 3.96. The second-order valence-electron chi connectivity index (χ2n) is 5.69.